The Kier molecular flexibility index (Phi) is 6.96. The minimum Gasteiger partial charge on any atom is -0.493 e. The third-order valence-electron chi connectivity index (χ3n) is 4.51. The van der Waals surface area contributed by atoms with E-state index in [1.54, 1.807) is 18.2 Å². The molecule has 0 aliphatic carbocycles. The molecule has 0 aromatic heterocycles. The van der Waals surface area contributed by atoms with Gasteiger partial charge in [-0.1, -0.05) is 29.8 Å². The van der Waals surface area contributed by atoms with E-state index in [-0.39, 0.29) is 18.8 Å². The minimum absolute atomic E-state index is 0.148. The molecule has 9 heteroatoms. The summed E-state index contributed by atoms with van der Waals surface area (Å²) in [6.07, 6.45) is 1.55. The van der Waals surface area contributed by atoms with Crippen LogP contribution in [-0.2, 0) is 20.9 Å². The average molecular weight is 489 g/mol. The molecular formula is C22H21BrN2O6. The Morgan fingerprint density at radius 2 is 1.97 bits per heavy atom. The number of rotatable bonds is 7. The molecule has 1 aliphatic rings. The molecule has 1 N–H and O–H groups in total. The van der Waals surface area contributed by atoms with Gasteiger partial charge in [0.25, 0.3) is 5.91 Å². The van der Waals surface area contributed by atoms with E-state index in [1.165, 1.54) is 14.2 Å². The Morgan fingerprint density at radius 3 is 2.65 bits per heavy atom. The number of urea groups is 1. The highest BCUT2D eigenvalue weighted by atomic mass is 79.9. The molecule has 3 rings (SSSR count). The second-order valence-corrected chi connectivity index (χ2v) is 7.62. The second kappa shape index (κ2) is 9.65. The van der Waals surface area contributed by atoms with E-state index in [4.69, 9.17) is 9.47 Å². The maximum absolute atomic E-state index is 12.8. The molecule has 0 unspecified atom stereocenters. The molecule has 1 fully saturated rings. The maximum Gasteiger partial charge on any atom is 0.343 e. The first-order valence-electron chi connectivity index (χ1n) is 9.29. The number of carbonyl (C=O) groups is 3. The summed E-state index contributed by atoms with van der Waals surface area (Å²) in [5, 5.41) is 2.61. The highest BCUT2D eigenvalue weighted by Gasteiger charge is 2.33. The number of aryl methyl sites for hydroxylation is 1. The van der Waals surface area contributed by atoms with Gasteiger partial charge in [0.2, 0.25) is 0 Å². The van der Waals surface area contributed by atoms with Crippen molar-refractivity contribution in [1.29, 1.82) is 0 Å². The van der Waals surface area contributed by atoms with Crippen LogP contribution < -0.4 is 14.8 Å². The number of methoxy groups -OCH3 is 2. The van der Waals surface area contributed by atoms with Crippen LogP contribution in [0.3, 0.4) is 0 Å². The predicted molar refractivity (Wildman–Crippen MR) is 116 cm³/mol. The average Bonchev–Trinajstić information content (AvgIpc) is 2.99. The number of hydrogen-bond donors (Lipinski definition) is 1. The fourth-order valence-electron chi connectivity index (χ4n) is 3.03. The molecule has 1 saturated heterocycles. The molecule has 2 aromatic carbocycles. The number of halogens is 1. The van der Waals surface area contributed by atoms with Crippen LogP contribution >= 0.6 is 15.9 Å². The summed E-state index contributed by atoms with van der Waals surface area (Å²) < 4.78 is 15.9. The summed E-state index contributed by atoms with van der Waals surface area (Å²) in [5.41, 5.74) is 2.65. The first-order valence-corrected chi connectivity index (χ1v) is 10.1. The zero-order chi connectivity index (χ0) is 22.5. The highest BCUT2D eigenvalue weighted by molar-refractivity contribution is 9.10. The number of amides is 3. The number of hydrogen-bond acceptors (Lipinski definition) is 6. The van der Waals surface area contributed by atoms with Crippen molar-refractivity contribution in [2.45, 2.75) is 13.5 Å². The monoisotopic (exact) mass is 488 g/mol. The van der Waals surface area contributed by atoms with Crippen LogP contribution in [-0.4, -0.2) is 43.6 Å². The Hall–Kier alpha value is -3.33. The third kappa shape index (κ3) is 5.24. The van der Waals surface area contributed by atoms with Crippen LogP contribution in [0.5, 0.6) is 11.5 Å². The van der Waals surface area contributed by atoms with Gasteiger partial charge < -0.3 is 19.5 Å². The lowest BCUT2D eigenvalue weighted by atomic mass is 10.1. The van der Waals surface area contributed by atoms with E-state index < -0.39 is 17.9 Å². The fourth-order valence-corrected chi connectivity index (χ4v) is 3.60. The topological polar surface area (TPSA) is 94.2 Å². The van der Waals surface area contributed by atoms with E-state index >= 15 is 0 Å². The Balaban J connectivity index is 1.82. The summed E-state index contributed by atoms with van der Waals surface area (Å²) in [6.45, 7) is 1.84. The normalized spacial score (nSPS) is 14.6. The van der Waals surface area contributed by atoms with Gasteiger partial charge in [-0.3, -0.25) is 9.69 Å². The van der Waals surface area contributed by atoms with Gasteiger partial charge in [-0.15, -0.1) is 0 Å². The number of imide groups is 1. The lowest BCUT2D eigenvalue weighted by molar-refractivity contribution is -0.143. The zero-order valence-corrected chi connectivity index (χ0v) is 18.8. The van der Waals surface area contributed by atoms with Crippen molar-refractivity contribution in [2.24, 2.45) is 0 Å². The molecule has 0 bridgehead atoms. The van der Waals surface area contributed by atoms with E-state index in [0.717, 1.165) is 16.0 Å². The van der Waals surface area contributed by atoms with Crippen molar-refractivity contribution >= 4 is 39.9 Å². The Labute approximate surface area is 187 Å². The third-order valence-corrected chi connectivity index (χ3v) is 5.10. The summed E-state index contributed by atoms with van der Waals surface area (Å²) >= 11 is 3.38. The van der Waals surface area contributed by atoms with Crippen LogP contribution in [0.2, 0.25) is 0 Å². The highest BCUT2D eigenvalue weighted by Crippen LogP contribution is 2.37. The number of carbonyl (C=O) groups excluding carboxylic acids is 3. The van der Waals surface area contributed by atoms with Crippen LogP contribution in [0.15, 0.2) is 46.6 Å². The molecule has 162 valence electrons. The maximum atomic E-state index is 12.8. The van der Waals surface area contributed by atoms with E-state index in [1.807, 2.05) is 31.2 Å². The van der Waals surface area contributed by atoms with Crippen LogP contribution in [0.1, 0.15) is 16.7 Å². The van der Waals surface area contributed by atoms with Crippen molar-refractivity contribution in [3.8, 4) is 11.5 Å². The van der Waals surface area contributed by atoms with Crippen molar-refractivity contribution < 1.29 is 28.6 Å². The van der Waals surface area contributed by atoms with Gasteiger partial charge in [-0.2, -0.15) is 0 Å². The second-order valence-electron chi connectivity index (χ2n) is 6.77. The molecule has 1 aliphatic heterocycles. The molecule has 2 aromatic rings. The number of nitrogens with zero attached hydrogens (tertiary/aromatic N) is 1. The number of esters is 1. The lowest BCUT2D eigenvalue weighted by Crippen LogP contribution is -2.30. The first-order chi connectivity index (χ1) is 14.8. The van der Waals surface area contributed by atoms with Crippen LogP contribution in [0, 0.1) is 6.92 Å². The SMILES string of the molecule is COC(=O)COc1c(Br)cc(/C=C2/NC(=O)N(Cc3cccc(C)c3)C2=O)cc1OC. The first kappa shape index (κ1) is 22.4. The molecule has 0 spiro atoms. The van der Waals surface area contributed by atoms with Crippen LogP contribution in [0.4, 0.5) is 4.79 Å². The molecular weight excluding hydrogens is 468 g/mol. The van der Waals surface area contributed by atoms with E-state index in [9.17, 15) is 14.4 Å². The van der Waals surface area contributed by atoms with Crippen molar-refractivity contribution in [3.05, 3.63) is 63.3 Å². The van der Waals surface area contributed by atoms with Crippen molar-refractivity contribution in [3.63, 3.8) is 0 Å². The largest absolute Gasteiger partial charge is 0.493 e. The van der Waals surface area contributed by atoms with Gasteiger partial charge in [0.15, 0.2) is 18.1 Å². The minimum atomic E-state index is -0.534. The summed E-state index contributed by atoms with van der Waals surface area (Å²) in [6, 6.07) is 10.5. The molecule has 0 radical (unpaired) electrons. The number of ether oxygens (including phenoxy) is 3. The molecule has 8 nitrogen and oxygen atoms in total. The van der Waals surface area contributed by atoms with E-state index in [0.29, 0.717) is 21.5 Å². The van der Waals surface area contributed by atoms with Gasteiger partial charge in [0.05, 0.1) is 25.2 Å². The number of benzene rings is 2. The standard InChI is InChI=1S/C22H21BrN2O6/c1-13-5-4-6-14(7-13)11-25-21(27)17(24-22(25)28)9-15-8-16(23)20(18(10-15)29-2)31-12-19(26)30-3/h4-10H,11-12H2,1-3H3,(H,24,28)/b17-9+. The quantitative estimate of drug-likeness (QED) is 0.364. The number of nitrogens with one attached hydrogen (secondary N) is 1. The molecule has 1 heterocycles. The van der Waals surface area contributed by atoms with Gasteiger partial charge in [-0.25, -0.2) is 9.59 Å². The molecule has 31 heavy (non-hydrogen) atoms. The summed E-state index contributed by atoms with van der Waals surface area (Å²) in [4.78, 5) is 37.6. The van der Waals surface area contributed by atoms with Gasteiger partial charge >= 0.3 is 12.0 Å². The summed E-state index contributed by atoms with van der Waals surface area (Å²) in [5.74, 6) is -0.294. The Bertz CT molecular complexity index is 1070. The van der Waals surface area contributed by atoms with Gasteiger partial charge in [-0.05, 0) is 52.2 Å². The molecule has 3 amide bonds. The fraction of sp³-hybridized carbons (Fsp3) is 0.227. The predicted octanol–water partition coefficient (Wildman–Crippen LogP) is 3.41. The molecule has 0 saturated carbocycles. The van der Waals surface area contributed by atoms with Crippen LogP contribution in [0.25, 0.3) is 6.08 Å². The lowest BCUT2D eigenvalue weighted by Gasteiger charge is -2.13. The van der Waals surface area contributed by atoms with Crippen molar-refractivity contribution in [1.82, 2.24) is 10.2 Å². The zero-order valence-electron chi connectivity index (χ0n) is 17.2. The van der Waals surface area contributed by atoms with Gasteiger partial charge in [0, 0.05) is 0 Å². The Morgan fingerprint density at radius 1 is 1.19 bits per heavy atom. The molecule has 0 atom stereocenters. The van der Waals surface area contributed by atoms with E-state index in [2.05, 4.69) is 26.0 Å². The van der Waals surface area contributed by atoms with Gasteiger partial charge in [0.1, 0.15) is 5.70 Å². The van der Waals surface area contributed by atoms with Crippen molar-refractivity contribution in [2.75, 3.05) is 20.8 Å². The summed E-state index contributed by atoms with van der Waals surface area (Å²) in [7, 11) is 2.72. The smallest absolute Gasteiger partial charge is 0.343 e.